The van der Waals surface area contributed by atoms with Gasteiger partial charge in [0.25, 0.3) is 5.56 Å². The number of carbonyl (C=O) groups is 1. The standard InChI is InChI=1S/C7H7NO2/c1-5-6(4-9)2-3-8-7(5)10/h2-4H,1H3,(H,8,10). The van der Waals surface area contributed by atoms with E-state index in [0.29, 0.717) is 17.4 Å². The van der Waals surface area contributed by atoms with Crippen molar-refractivity contribution >= 4 is 6.29 Å². The van der Waals surface area contributed by atoms with Gasteiger partial charge in [-0.15, -0.1) is 0 Å². The van der Waals surface area contributed by atoms with Crippen molar-refractivity contribution in [2.75, 3.05) is 0 Å². The minimum atomic E-state index is -0.204. The number of H-pyrrole nitrogens is 1. The molecule has 10 heavy (non-hydrogen) atoms. The summed E-state index contributed by atoms with van der Waals surface area (Å²) >= 11 is 0. The lowest BCUT2D eigenvalue weighted by Crippen LogP contribution is -2.10. The van der Waals surface area contributed by atoms with Crippen LogP contribution in [0.1, 0.15) is 15.9 Å². The Morgan fingerprint density at radius 1 is 1.60 bits per heavy atom. The smallest absolute Gasteiger partial charge is 0.251 e. The molecule has 3 heteroatoms. The van der Waals surface area contributed by atoms with Gasteiger partial charge in [0.1, 0.15) is 0 Å². The van der Waals surface area contributed by atoms with E-state index in [0.717, 1.165) is 0 Å². The zero-order chi connectivity index (χ0) is 7.56. The second-order valence-electron chi connectivity index (χ2n) is 2.00. The van der Waals surface area contributed by atoms with Crippen LogP contribution in [0.3, 0.4) is 0 Å². The van der Waals surface area contributed by atoms with Gasteiger partial charge >= 0.3 is 0 Å². The second-order valence-corrected chi connectivity index (χ2v) is 2.00. The number of aromatic nitrogens is 1. The minimum absolute atomic E-state index is 0.204. The minimum Gasteiger partial charge on any atom is -0.329 e. The number of pyridine rings is 1. The van der Waals surface area contributed by atoms with Crippen LogP contribution in [-0.4, -0.2) is 11.3 Å². The maximum absolute atomic E-state index is 10.8. The summed E-state index contributed by atoms with van der Waals surface area (Å²) in [5, 5.41) is 0. The molecule has 0 fully saturated rings. The Hall–Kier alpha value is -1.38. The highest BCUT2D eigenvalue weighted by molar-refractivity contribution is 5.76. The van der Waals surface area contributed by atoms with Crippen molar-refractivity contribution in [1.29, 1.82) is 0 Å². The molecule has 1 N–H and O–H groups in total. The maximum atomic E-state index is 10.8. The third-order valence-electron chi connectivity index (χ3n) is 1.38. The van der Waals surface area contributed by atoms with Crippen LogP contribution >= 0.6 is 0 Å². The van der Waals surface area contributed by atoms with Crippen molar-refractivity contribution in [2.45, 2.75) is 6.92 Å². The van der Waals surface area contributed by atoms with Crippen LogP contribution in [-0.2, 0) is 0 Å². The van der Waals surface area contributed by atoms with Gasteiger partial charge in [0.05, 0.1) is 0 Å². The fourth-order valence-electron chi connectivity index (χ4n) is 0.699. The number of rotatable bonds is 1. The number of hydrogen-bond donors (Lipinski definition) is 1. The Morgan fingerprint density at radius 3 is 2.80 bits per heavy atom. The predicted octanol–water partition coefficient (Wildman–Crippen LogP) is 0.496. The third kappa shape index (κ3) is 0.978. The van der Waals surface area contributed by atoms with Crippen molar-refractivity contribution in [3.8, 4) is 0 Å². The lowest BCUT2D eigenvalue weighted by molar-refractivity contribution is 0.112. The summed E-state index contributed by atoms with van der Waals surface area (Å²) in [6.45, 7) is 1.61. The van der Waals surface area contributed by atoms with Crippen LogP contribution in [0.4, 0.5) is 0 Å². The molecule has 1 heterocycles. The van der Waals surface area contributed by atoms with Crippen molar-refractivity contribution in [3.63, 3.8) is 0 Å². The van der Waals surface area contributed by atoms with E-state index < -0.39 is 0 Å². The Labute approximate surface area is 57.7 Å². The SMILES string of the molecule is Cc1c(C=O)cc[nH]c1=O. The first-order valence-corrected chi connectivity index (χ1v) is 2.89. The summed E-state index contributed by atoms with van der Waals surface area (Å²) in [7, 11) is 0. The molecule has 0 radical (unpaired) electrons. The molecule has 0 saturated carbocycles. The van der Waals surface area contributed by atoms with Crippen LogP contribution in [0.5, 0.6) is 0 Å². The average molecular weight is 137 g/mol. The molecule has 0 atom stereocenters. The van der Waals surface area contributed by atoms with Crippen molar-refractivity contribution in [2.24, 2.45) is 0 Å². The normalized spacial score (nSPS) is 9.30. The van der Waals surface area contributed by atoms with Crippen molar-refractivity contribution in [1.82, 2.24) is 4.98 Å². The molecule has 0 amide bonds. The molecule has 0 spiro atoms. The maximum Gasteiger partial charge on any atom is 0.251 e. The largest absolute Gasteiger partial charge is 0.329 e. The zero-order valence-electron chi connectivity index (χ0n) is 5.55. The van der Waals surface area contributed by atoms with Gasteiger partial charge in [-0.25, -0.2) is 0 Å². The summed E-state index contributed by atoms with van der Waals surface area (Å²) in [4.78, 5) is 23.5. The molecule has 0 aliphatic rings. The van der Waals surface area contributed by atoms with Gasteiger partial charge in [0.15, 0.2) is 6.29 Å². The average Bonchev–Trinajstić information content (AvgIpc) is 1.95. The topological polar surface area (TPSA) is 49.9 Å². The van der Waals surface area contributed by atoms with Crippen LogP contribution in [0.15, 0.2) is 17.1 Å². The summed E-state index contributed by atoms with van der Waals surface area (Å²) in [5.74, 6) is 0. The molecule has 0 aromatic carbocycles. The summed E-state index contributed by atoms with van der Waals surface area (Å²) in [6.07, 6.45) is 2.13. The number of aldehydes is 1. The highest BCUT2D eigenvalue weighted by Gasteiger charge is 1.97. The van der Waals surface area contributed by atoms with Gasteiger partial charge in [0.2, 0.25) is 0 Å². The van der Waals surface area contributed by atoms with Gasteiger partial charge in [-0.05, 0) is 13.0 Å². The highest BCUT2D eigenvalue weighted by Crippen LogP contribution is 1.94. The van der Waals surface area contributed by atoms with Crippen molar-refractivity contribution < 1.29 is 4.79 Å². The first-order chi connectivity index (χ1) is 4.75. The fraction of sp³-hybridized carbons (Fsp3) is 0.143. The van der Waals surface area contributed by atoms with Crippen LogP contribution in [0, 0.1) is 6.92 Å². The Bertz CT molecular complexity index is 301. The molecule has 3 nitrogen and oxygen atoms in total. The van der Waals surface area contributed by atoms with E-state index in [-0.39, 0.29) is 5.56 Å². The van der Waals surface area contributed by atoms with E-state index in [1.165, 1.54) is 6.20 Å². The molecule has 0 aliphatic carbocycles. The molecule has 1 aromatic rings. The molecule has 1 rings (SSSR count). The van der Waals surface area contributed by atoms with Gasteiger partial charge < -0.3 is 4.98 Å². The summed E-state index contributed by atoms with van der Waals surface area (Å²) in [5.41, 5.74) is 0.714. The Morgan fingerprint density at radius 2 is 2.30 bits per heavy atom. The molecule has 0 saturated heterocycles. The first kappa shape index (κ1) is 6.74. The van der Waals surface area contributed by atoms with E-state index in [2.05, 4.69) is 4.98 Å². The van der Waals surface area contributed by atoms with Crippen molar-refractivity contribution in [3.05, 3.63) is 33.7 Å². The lowest BCUT2D eigenvalue weighted by atomic mass is 10.2. The number of carbonyl (C=O) groups excluding carboxylic acids is 1. The van der Waals surface area contributed by atoms with Crippen LogP contribution in [0.2, 0.25) is 0 Å². The second kappa shape index (κ2) is 2.47. The van der Waals surface area contributed by atoms with E-state index in [1.807, 2.05) is 0 Å². The number of hydrogen-bond acceptors (Lipinski definition) is 2. The van der Waals surface area contributed by atoms with Gasteiger partial charge in [-0.3, -0.25) is 9.59 Å². The molecule has 0 bridgehead atoms. The highest BCUT2D eigenvalue weighted by atomic mass is 16.1. The molecular formula is C7H7NO2. The van der Waals surface area contributed by atoms with Gasteiger partial charge in [-0.1, -0.05) is 0 Å². The monoisotopic (exact) mass is 137 g/mol. The molecule has 1 aromatic heterocycles. The first-order valence-electron chi connectivity index (χ1n) is 2.89. The van der Waals surface area contributed by atoms with E-state index in [9.17, 15) is 9.59 Å². The summed E-state index contributed by atoms with van der Waals surface area (Å²) in [6, 6.07) is 1.57. The van der Waals surface area contributed by atoms with Gasteiger partial charge in [-0.2, -0.15) is 0 Å². The molecule has 0 aliphatic heterocycles. The van der Waals surface area contributed by atoms with E-state index in [1.54, 1.807) is 13.0 Å². The molecule has 52 valence electrons. The third-order valence-corrected chi connectivity index (χ3v) is 1.38. The molecular weight excluding hydrogens is 130 g/mol. The van der Waals surface area contributed by atoms with E-state index in [4.69, 9.17) is 0 Å². The van der Waals surface area contributed by atoms with Crippen LogP contribution < -0.4 is 5.56 Å². The number of aromatic amines is 1. The molecule has 0 unspecified atom stereocenters. The Balaban J connectivity index is 3.41. The number of nitrogens with one attached hydrogen (secondary N) is 1. The van der Waals surface area contributed by atoms with Gasteiger partial charge in [0, 0.05) is 17.3 Å². The quantitative estimate of drug-likeness (QED) is 0.573. The fourth-order valence-corrected chi connectivity index (χ4v) is 0.699. The Kier molecular flexibility index (Phi) is 1.67. The van der Waals surface area contributed by atoms with E-state index >= 15 is 0 Å². The zero-order valence-corrected chi connectivity index (χ0v) is 5.55. The van der Waals surface area contributed by atoms with Crippen LogP contribution in [0.25, 0.3) is 0 Å². The summed E-state index contributed by atoms with van der Waals surface area (Å²) < 4.78 is 0. The lowest BCUT2D eigenvalue weighted by Gasteiger charge is -1.92. The predicted molar refractivity (Wildman–Crippen MR) is 37.2 cm³/mol.